The first-order valence-corrected chi connectivity index (χ1v) is 11.1. The highest BCUT2D eigenvalue weighted by atomic mass is 32.1. The van der Waals surface area contributed by atoms with E-state index < -0.39 is 0 Å². The number of nitrogens with zero attached hydrogens (tertiary/aromatic N) is 5. The van der Waals surface area contributed by atoms with E-state index in [2.05, 4.69) is 38.3 Å². The van der Waals surface area contributed by atoms with Crippen molar-refractivity contribution in [3.63, 3.8) is 0 Å². The van der Waals surface area contributed by atoms with E-state index in [4.69, 9.17) is 4.99 Å². The van der Waals surface area contributed by atoms with E-state index >= 15 is 0 Å². The second-order valence-electron chi connectivity index (χ2n) is 7.98. The van der Waals surface area contributed by atoms with Crippen LogP contribution in [0.15, 0.2) is 4.99 Å². The molecule has 1 aliphatic heterocycles. The molecule has 1 aromatic heterocycles. The summed E-state index contributed by atoms with van der Waals surface area (Å²) in [5.41, 5.74) is 0.547. The molecule has 1 aromatic rings. The first-order valence-electron chi connectivity index (χ1n) is 10.3. The first-order chi connectivity index (χ1) is 12.7. The molecule has 0 amide bonds. The van der Waals surface area contributed by atoms with Crippen molar-refractivity contribution in [1.82, 2.24) is 19.6 Å². The van der Waals surface area contributed by atoms with Gasteiger partial charge in [0.15, 0.2) is 5.96 Å². The van der Waals surface area contributed by atoms with Crippen LogP contribution in [0.4, 0.5) is 5.13 Å². The molecule has 3 aliphatic rings. The van der Waals surface area contributed by atoms with E-state index in [-0.39, 0.29) is 0 Å². The Balaban J connectivity index is 1.36. The summed E-state index contributed by atoms with van der Waals surface area (Å²) in [5, 5.41) is 4.61. The van der Waals surface area contributed by atoms with Crippen LogP contribution >= 0.6 is 11.5 Å². The van der Waals surface area contributed by atoms with Gasteiger partial charge in [-0.05, 0) is 43.9 Å². The highest BCUT2D eigenvalue weighted by molar-refractivity contribution is 7.09. The standard InChI is InChI=1S/C19H32N6S/c1-3-16-22-18(26-23-16)25-12-10-24(11-13-25)17(20-4-2)21-14-19(8-5-9-19)15-6-7-15/h15H,3-14H2,1-2H3,(H,20,21). The zero-order chi connectivity index (χ0) is 18.0. The van der Waals surface area contributed by atoms with Crippen LogP contribution < -0.4 is 10.2 Å². The summed E-state index contributed by atoms with van der Waals surface area (Å²) >= 11 is 1.54. The Hall–Kier alpha value is -1.37. The van der Waals surface area contributed by atoms with Crippen molar-refractivity contribution in [2.75, 3.05) is 44.2 Å². The third-order valence-corrected chi connectivity index (χ3v) is 7.11. The highest BCUT2D eigenvalue weighted by Crippen LogP contribution is 2.57. The lowest BCUT2D eigenvalue weighted by Crippen LogP contribution is -2.53. The number of anilines is 1. The van der Waals surface area contributed by atoms with Crippen LogP contribution in [0.2, 0.25) is 0 Å². The first kappa shape index (κ1) is 18.0. The molecule has 2 heterocycles. The van der Waals surface area contributed by atoms with Gasteiger partial charge in [0.25, 0.3) is 0 Å². The van der Waals surface area contributed by atoms with E-state index in [1.54, 1.807) is 0 Å². The minimum Gasteiger partial charge on any atom is -0.357 e. The lowest BCUT2D eigenvalue weighted by Gasteiger charge is -2.42. The van der Waals surface area contributed by atoms with E-state index in [0.29, 0.717) is 5.41 Å². The second kappa shape index (κ2) is 7.71. The summed E-state index contributed by atoms with van der Waals surface area (Å²) in [7, 11) is 0. The molecule has 0 spiro atoms. The zero-order valence-electron chi connectivity index (χ0n) is 16.2. The number of aliphatic imine (C=N–C) groups is 1. The van der Waals surface area contributed by atoms with Gasteiger partial charge < -0.3 is 15.1 Å². The second-order valence-corrected chi connectivity index (χ2v) is 8.71. The van der Waals surface area contributed by atoms with Gasteiger partial charge in [-0.2, -0.15) is 4.37 Å². The maximum atomic E-state index is 5.10. The number of guanidine groups is 1. The van der Waals surface area contributed by atoms with Gasteiger partial charge in [-0.3, -0.25) is 4.99 Å². The van der Waals surface area contributed by atoms with Gasteiger partial charge in [-0.1, -0.05) is 13.3 Å². The van der Waals surface area contributed by atoms with Crippen molar-refractivity contribution in [1.29, 1.82) is 0 Å². The van der Waals surface area contributed by atoms with Gasteiger partial charge in [0.05, 0.1) is 0 Å². The Morgan fingerprint density at radius 2 is 2.00 bits per heavy atom. The van der Waals surface area contributed by atoms with Gasteiger partial charge in [0.2, 0.25) is 5.13 Å². The SMILES string of the molecule is CCNC(=NCC1(C2CC2)CCC1)N1CCN(c2nc(CC)ns2)CC1. The number of aryl methyl sites for hydroxylation is 1. The third-order valence-electron chi connectivity index (χ3n) is 6.29. The van der Waals surface area contributed by atoms with Gasteiger partial charge in [0.1, 0.15) is 5.82 Å². The van der Waals surface area contributed by atoms with Crippen molar-refractivity contribution < 1.29 is 0 Å². The summed E-state index contributed by atoms with van der Waals surface area (Å²) in [6.45, 7) is 10.2. The van der Waals surface area contributed by atoms with Crippen molar-refractivity contribution in [3.05, 3.63) is 5.82 Å². The van der Waals surface area contributed by atoms with E-state index in [0.717, 1.165) is 68.5 Å². The fraction of sp³-hybridized carbons (Fsp3) is 0.842. The molecule has 6 nitrogen and oxygen atoms in total. The van der Waals surface area contributed by atoms with Crippen LogP contribution in [0.5, 0.6) is 0 Å². The molecule has 1 saturated heterocycles. The summed E-state index contributed by atoms with van der Waals surface area (Å²) < 4.78 is 4.43. The molecular formula is C19H32N6S. The average molecular weight is 377 g/mol. The molecule has 0 aromatic carbocycles. The molecule has 26 heavy (non-hydrogen) atoms. The Labute approximate surface area is 161 Å². The van der Waals surface area contributed by atoms with Gasteiger partial charge in [-0.15, -0.1) is 0 Å². The molecule has 0 radical (unpaired) electrons. The maximum Gasteiger partial charge on any atom is 0.205 e. The lowest BCUT2D eigenvalue weighted by molar-refractivity contribution is 0.112. The topological polar surface area (TPSA) is 56.7 Å². The van der Waals surface area contributed by atoms with Gasteiger partial charge >= 0.3 is 0 Å². The largest absolute Gasteiger partial charge is 0.357 e. The van der Waals surface area contributed by atoms with Gasteiger partial charge in [0, 0.05) is 57.2 Å². The molecule has 144 valence electrons. The number of aromatic nitrogens is 2. The Morgan fingerprint density at radius 1 is 1.23 bits per heavy atom. The van der Waals surface area contributed by atoms with Crippen LogP contribution in [0.1, 0.15) is 51.8 Å². The third kappa shape index (κ3) is 3.68. The quantitative estimate of drug-likeness (QED) is 0.611. The molecule has 3 fully saturated rings. The van der Waals surface area contributed by atoms with Crippen LogP contribution in [-0.2, 0) is 6.42 Å². The van der Waals surface area contributed by atoms with Crippen LogP contribution in [0, 0.1) is 11.3 Å². The molecule has 7 heteroatoms. The fourth-order valence-electron chi connectivity index (χ4n) is 4.31. The molecular weight excluding hydrogens is 344 g/mol. The Morgan fingerprint density at radius 3 is 2.54 bits per heavy atom. The van der Waals surface area contributed by atoms with E-state index in [1.165, 1.54) is 43.6 Å². The minimum absolute atomic E-state index is 0.547. The summed E-state index contributed by atoms with van der Waals surface area (Å²) in [4.78, 5) is 14.5. The van der Waals surface area contributed by atoms with E-state index in [1.807, 2.05) is 0 Å². The number of hydrogen-bond acceptors (Lipinski definition) is 5. The molecule has 1 N–H and O–H groups in total. The molecule has 2 aliphatic carbocycles. The molecule has 0 unspecified atom stereocenters. The normalized spacial score (nSPS) is 23.1. The lowest BCUT2D eigenvalue weighted by atomic mass is 9.65. The molecule has 4 rings (SSSR count). The number of rotatable bonds is 6. The monoisotopic (exact) mass is 376 g/mol. The van der Waals surface area contributed by atoms with Crippen molar-refractivity contribution in [3.8, 4) is 0 Å². The van der Waals surface area contributed by atoms with Crippen LogP contribution in [-0.4, -0.2) is 59.5 Å². The average Bonchev–Trinajstić information content (AvgIpc) is 3.37. The summed E-state index contributed by atoms with van der Waals surface area (Å²) in [6.07, 6.45) is 7.98. The van der Waals surface area contributed by atoms with Crippen LogP contribution in [0.25, 0.3) is 0 Å². The fourth-order valence-corrected chi connectivity index (χ4v) is 5.11. The number of nitrogens with one attached hydrogen (secondary N) is 1. The zero-order valence-corrected chi connectivity index (χ0v) is 17.0. The Bertz CT molecular complexity index is 626. The van der Waals surface area contributed by atoms with Gasteiger partial charge in [-0.25, -0.2) is 4.98 Å². The molecule has 0 atom stereocenters. The van der Waals surface area contributed by atoms with Crippen LogP contribution in [0.3, 0.4) is 0 Å². The Kier molecular flexibility index (Phi) is 5.34. The predicted octanol–water partition coefficient (Wildman–Crippen LogP) is 2.77. The minimum atomic E-state index is 0.547. The van der Waals surface area contributed by atoms with E-state index in [9.17, 15) is 0 Å². The predicted molar refractivity (Wildman–Crippen MR) is 108 cm³/mol. The molecule has 0 bridgehead atoms. The smallest absolute Gasteiger partial charge is 0.205 e. The summed E-state index contributed by atoms with van der Waals surface area (Å²) in [6, 6.07) is 0. The van der Waals surface area contributed by atoms with Crippen molar-refractivity contribution in [2.45, 2.75) is 52.4 Å². The van der Waals surface area contributed by atoms with Crippen molar-refractivity contribution >= 4 is 22.6 Å². The number of hydrogen-bond donors (Lipinski definition) is 1. The maximum absolute atomic E-state index is 5.10. The van der Waals surface area contributed by atoms with Crippen molar-refractivity contribution in [2.24, 2.45) is 16.3 Å². The molecule has 2 saturated carbocycles. The summed E-state index contributed by atoms with van der Waals surface area (Å²) in [5.74, 6) is 3.05. The highest BCUT2D eigenvalue weighted by Gasteiger charge is 2.48. The number of piperazine rings is 1.